The van der Waals surface area contributed by atoms with Crippen molar-refractivity contribution in [1.29, 1.82) is 0 Å². The molecule has 0 N–H and O–H groups in total. The fourth-order valence-corrected chi connectivity index (χ4v) is 5.18. The highest BCUT2D eigenvalue weighted by atomic mass is 16.5. The molecule has 0 saturated carbocycles. The van der Waals surface area contributed by atoms with E-state index in [1.807, 2.05) is 30.6 Å². The number of pyridine rings is 2. The predicted molar refractivity (Wildman–Crippen MR) is 130 cm³/mol. The first-order valence-electron chi connectivity index (χ1n) is 12.0. The first-order valence-corrected chi connectivity index (χ1v) is 12.0. The highest BCUT2D eigenvalue weighted by Crippen LogP contribution is 2.40. The maximum Gasteiger partial charge on any atom is 0.121 e. The van der Waals surface area contributed by atoms with E-state index in [0.717, 1.165) is 67.1 Å². The molecule has 3 aromatic heterocycles. The smallest absolute Gasteiger partial charge is 0.121 e. The summed E-state index contributed by atoms with van der Waals surface area (Å²) in [4.78, 5) is 11.7. The number of hydrogen-bond donors (Lipinski definition) is 0. The van der Waals surface area contributed by atoms with Crippen molar-refractivity contribution >= 4 is 10.9 Å². The average Bonchev–Trinajstić information content (AvgIpc) is 3.45. The van der Waals surface area contributed by atoms with E-state index in [2.05, 4.69) is 50.9 Å². The Morgan fingerprint density at radius 3 is 2.76 bits per heavy atom. The summed E-state index contributed by atoms with van der Waals surface area (Å²) in [5.74, 6) is 1.53. The predicted octanol–water partition coefficient (Wildman–Crippen LogP) is 4.83. The minimum absolute atomic E-state index is 0.632. The van der Waals surface area contributed by atoms with Gasteiger partial charge in [0.2, 0.25) is 0 Å². The fourth-order valence-electron chi connectivity index (χ4n) is 5.18. The van der Waals surface area contributed by atoms with Gasteiger partial charge in [-0.25, -0.2) is 0 Å². The molecule has 6 rings (SSSR count). The van der Waals surface area contributed by atoms with Gasteiger partial charge in [0.25, 0.3) is 0 Å². The third-order valence-corrected chi connectivity index (χ3v) is 7.06. The van der Waals surface area contributed by atoms with Crippen molar-refractivity contribution in [2.75, 3.05) is 26.7 Å². The fraction of sp³-hybridized carbons (Fsp3) is 0.370. The Morgan fingerprint density at radius 1 is 1.00 bits per heavy atom. The molecule has 4 aromatic rings. The number of hydrogen-bond acceptors (Lipinski definition) is 5. The second kappa shape index (κ2) is 8.60. The molecule has 33 heavy (non-hydrogen) atoms. The third-order valence-electron chi connectivity index (χ3n) is 7.06. The molecule has 0 unspecified atom stereocenters. The lowest BCUT2D eigenvalue weighted by Crippen LogP contribution is -2.32. The molecule has 0 bridgehead atoms. The van der Waals surface area contributed by atoms with Crippen LogP contribution in [-0.4, -0.2) is 51.4 Å². The van der Waals surface area contributed by atoms with Crippen LogP contribution in [0.15, 0.2) is 54.9 Å². The monoisotopic (exact) mass is 439 g/mol. The largest absolute Gasteiger partial charge is 0.493 e. The third kappa shape index (κ3) is 3.89. The van der Waals surface area contributed by atoms with Crippen LogP contribution in [0.4, 0.5) is 0 Å². The molecule has 1 saturated heterocycles. The van der Waals surface area contributed by atoms with Gasteiger partial charge in [-0.3, -0.25) is 14.6 Å². The van der Waals surface area contributed by atoms with Crippen LogP contribution < -0.4 is 4.74 Å². The first kappa shape index (κ1) is 20.4. The molecular weight excluding hydrogens is 410 g/mol. The molecule has 0 spiro atoms. The van der Waals surface area contributed by atoms with Gasteiger partial charge in [-0.05, 0) is 87.6 Å². The Bertz CT molecular complexity index is 1270. The molecule has 1 fully saturated rings. The SMILES string of the molecule is CN1CCC(COc2ccc3c(-c4c(-c5ccccn5)nn5c4CCC5)ccnc3c2)CC1. The van der Waals surface area contributed by atoms with Crippen molar-refractivity contribution < 1.29 is 4.74 Å². The number of aromatic nitrogens is 4. The number of ether oxygens (including phenoxy) is 1. The van der Waals surface area contributed by atoms with E-state index in [1.54, 1.807) is 0 Å². The zero-order valence-electron chi connectivity index (χ0n) is 19.1. The van der Waals surface area contributed by atoms with E-state index in [1.165, 1.54) is 29.7 Å². The van der Waals surface area contributed by atoms with Crippen molar-refractivity contribution in [2.45, 2.75) is 32.2 Å². The zero-order valence-corrected chi connectivity index (χ0v) is 19.1. The van der Waals surface area contributed by atoms with Gasteiger partial charge >= 0.3 is 0 Å². The second-order valence-corrected chi connectivity index (χ2v) is 9.31. The number of benzene rings is 1. The van der Waals surface area contributed by atoms with Gasteiger partial charge in [0.1, 0.15) is 11.4 Å². The number of piperidine rings is 1. The molecule has 0 radical (unpaired) electrons. The molecule has 0 amide bonds. The Kier molecular flexibility index (Phi) is 5.30. The number of fused-ring (bicyclic) bond motifs is 2. The summed E-state index contributed by atoms with van der Waals surface area (Å²) in [5, 5.41) is 6.08. The van der Waals surface area contributed by atoms with Gasteiger partial charge in [-0.2, -0.15) is 5.10 Å². The molecule has 0 atom stereocenters. The number of aryl methyl sites for hydroxylation is 1. The van der Waals surface area contributed by atoms with E-state index < -0.39 is 0 Å². The average molecular weight is 440 g/mol. The molecule has 2 aliphatic rings. The van der Waals surface area contributed by atoms with Gasteiger partial charge in [0, 0.05) is 41.6 Å². The molecule has 6 heteroatoms. The number of rotatable bonds is 5. The summed E-state index contributed by atoms with van der Waals surface area (Å²) < 4.78 is 8.36. The minimum atomic E-state index is 0.632. The first-order chi connectivity index (χ1) is 16.3. The van der Waals surface area contributed by atoms with E-state index in [-0.39, 0.29) is 0 Å². The molecule has 0 aliphatic carbocycles. The maximum absolute atomic E-state index is 6.20. The van der Waals surface area contributed by atoms with Gasteiger partial charge in [0.05, 0.1) is 17.8 Å². The van der Waals surface area contributed by atoms with E-state index >= 15 is 0 Å². The van der Waals surface area contributed by atoms with Gasteiger partial charge in [-0.15, -0.1) is 0 Å². The van der Waals surface area contributed by atoms with Crippen LogP contribution in [0.25, 0.3) is 33.4 Å². The Hall–Kier alpha value is -3.25. The standard InChI is InChI=1S/C27H29N5O/c1-31-15-10-19(11-16-31)18-33-20-7-8-21-22(9-13-29-24(21)17-20)26-25-6-4-14-32(25)30-27(26)23-5-2-3-12-28-23/h2-3,5,7-9,12-13,17,19H,4,6,10-11,14-16,18H2,1H3. The van der Waals surface area contributed by atoms with Gasteiger partial charge in [0.15, 0.2) is 0 Å². The summed E-state index contributed by atoms with van der Waals surface area (Å²) in [6.45, 7) is 4.06. The van der Waals surface area contributed by atoms with Crippen LogP contribution in [-0.2, 0) is 13.0 Å². The molecule has 6 nitrogen and oxygen atoms in total. The second-order valence-electron chi connectivity index (χ2n) is 9.31. The van der Waals surface area contributed by atoms with Gasteiger partial charge < -0.3 is 9.64 Å². The van der Waals surface area contributed by atoms with Crippen LogP contribution in [0.1, 0.15) is 25.0 Å². The van der Waals surface area contributed by atoms with Crippen LogP contribution in [0.3, 0.4) is 0 Å². The van der Waals surface area contributed by atoms with Crippen LogP contribution in [0.2, 0.25) is 0 Å². The van der Waals surface area contributed by atoms with E-state index in [0.29, 0.717) is 5.92 Å². The topological polar surface area (TPSA) is 56.1 Å². The normalized spacial score (nSPS) is 16.9. The van der Waals surface area contributed by atoms with Crippen LogP contribution in [0, 0.1) is 5.92 Å². The number of nitrogens with zero attached hydrogens (tertiary/aromatic N) is 5. The van der Waals surface area contributed by atoms with Crippen molar-refractivity contribution in [3.63, 3.8) is 0 Å². The zero-order chi connectivity index (χ0) is 22.2. The Labute approximate surface area is 194 Å². The summed E-state index contributed by atoms with van der Waals surface area (Å²) in [6.07, 6.45) is 8.32. The summed E-state index contributed by atoms with van der Waals surface area (Å²) in [5.41, 5.74) is 6.49. The van der Waals surface area contributed by atoms with E-state index in [9.17, 15) is 0 Å². The summed E-state index contributed by atoms with van der Waals surface area (Å²) in [7, 11) is 2.19. The molecule has 2 aliphatic heterocycles. The van der Waals surface area contributed by atoms with Gasteiger partial charge in [-0.1, -0.05) is 6.07 Å². The highest BCUT2D eigenvalue weighted by Gasteiger charge is 2.25. The lowest BCUT2D eigenvalue weighted by molar-refractivity contribution is 0.160. The summed E-state index contributed by atoms with van der Waals surface area (Å²) in [6, 6.07) is 14.5. The van der Waals surface area contributed by atoms with Crippen LogP contribution >= 0.6 is 0 Å². The molecule has 1 aromatic carbocycles. The summed E-state index contributed by atoms with van der Waals surface area (Å²) >= 11 is 0. The number of likely N-dealkylation sites (tertiary alicyclic amines) is 1. The maximum atomic E-state index is 6.20. The van der Waals surface area contributed by atoms with Crippen molar-refractivity contribution in [1.82, 2.24) is 24.6 Å². The minimum Gasteiger partial charge on any atom is -0.493 e. The Balaban J connectivity index is 1.35. The van der Waals surface area contributed by atoms with E-state index in [4.69, 9.17) is 9.84 Å². The Morgan fingerprint density at radius 2 is 1.91 bits per heavy atom. The molecule has 168 valence electrons. The van der Waals surface area contributed by atoms with Crippen molar-refractivity contribution in [3.8, 4) is 28.3 Å². The van der Waals surface area contributed by atoms with Crippen molar-refractivity contribution in [2.24, 2.45) is 5.92 Å². The highest BCUT2D eigenvalue weighted by molar-refractivity contribution is 5.99. The van der Waals surface area contributed by atoms with Crippen molar-refractivity contribution in [3.05, 3.63) is 60.6 Å². The molecule has 5 heterocycles. The van der Waals surface area contributed by atoms with Crippen LogP contribution in [0.5, 0.6) is 5.75 Å². The quantitative estimate of drug-likeness (QED) is 0.446. The lowest BCUT2D eigenvalue weighted by Gasteiger charge is -2.28. The molecular formula is C27H29N5O. The lowest BCUT2D eigenvalue weighted by atomic mass is 9.96.